The van der Waals surface area contributed by atoms with Gasteiger partial charge in [-0.05, 0) is 25.9 Å². The molecule has 0 saturated carbocycles. The lowest BCUT2D eigenvalue weighted by Crippen LogP contribution is -2.34. The van der Waals surface area contributed by atoms with Crippen LogP contribution in [0.3, 0.4) is 0 Å². The Morgan fingerprint density at radius 2 is 1.73 bits per heavy atom. The summed E-state index contributed by atoms with van der Waals surface area (Å²) in [6.07, 6.45) is 0.803. The third kappa shape index (κ3) is 3.35. The third-order valence-electron chi connectivity index (χ3n) is 1.68. The Kier molecular flexibility index (Phi) is 4.28. The van der Waals surface area contributed by atoms with Gasteiger partial charge in [-0.2, -0.15) is 8.42 Å². The van der Waals surface area contributed by atoms with E-state index in [0.29, 0.717) is 25.9 Å². The molecular formula is C5H11ClFNO2S. The van der Waals surface area contributed by atoms with Crippen molar-refractivity contribution in [1.29, 1.82) is 0 Å². The lowest BCUT2D eigenvalue weighted by molar-refractivity contribution is 0.473. The highest BCUT2D eigenvalue weighted by molar-refractivity contribution is 7.87. The molecule has 68 valence electrons. The van der Waals surface area contributed by atoms with Crippen LogP contribution in [0.1, 0.15) is 12.8 Å². The fraction of sp³-hybridized carbons (Fsp3) is 1.00. The summed E-state index contributed by atoms with van der Waals surface area (Å²) in [5.41, 5.74) is 0. The van der Waals surface area contributed by atoms with Gasteiger partial charge >= 0.3 is 10.2 Å². The summed E-state index contributed by atoms with van der Waals surface area (Å²) in [4.78, 5) is 0. The first kappa shape index (κ1) is 11.1. The number of halogens is 2. The average Bonchev–Trinajstić information content (AvgIpc) is 1.88. The van der Waals surface area contributed by atoms with Crippen molar-refractivity contribution in [1.82, 2.24) is 5.32 Å². The van der Waals surface area contributed by atoms with E-state index in [1.165, 1.54) is 0 Å². The average molecular weight is 204 g/mol. The molecule has 0 atom stereocenters. The van der Waals surface area contributed by atoms with Gasteiger partial charge in [0.05, 0.1) is 5.25 Å². The van der Waals surface area contributed by atoms with Crippen LogP contribution in [0.15, 0.2) is 0 Å². The second-order valence-corrected chi connectivity index (χ2v) is 4.04. The van der Waals surface area contributed by atoms with E-state index < -0.39 is 15.5 Å². The van der Waals surface area contributed by atoms with Crippen molar-refractivity contribution in [3.63, 3.8) is 0 Å². The van der Waals surface area contributed by atoms with Crippen molar-refractivity contribution in [2.45, 2.75) is 18.1 Å². The lowest BCUT2D eigenvalue weighted by atomic mass is 10.2. The maximum absolute atomic E-state index is 12.2. The Morgan fingerprint density at radius 1 is 1.27 bits per heavy atom. The summed E-state index contributed by atoms with van der Waals surface area (Å²) in [6, 6.07) is 0. The molecule has 0 aliphatic carbocycles. The summed E-state index contributed by atoms with van der Waals surface area (Å²) in [7, 11) is -4.27. The molecule has 1 aliphatic rings. The number of rotatable bonds is 1. The summed E-state index contributed by atoms with van der Waals surface area (Å²) < 4.78 is 32.8. The largest absolute Gasteiger partial charge is 0.317 e. The van der Waals surface area contributed by atoms with E-state index in [4.69, 9.17) is 0 Å². The fourth-order valence-electron chi connectivity index (χ4n) is 1.08. The van der Waals surface area contributed by atoms with Crippen LogP contribution in [-0.2, 0) is 10.2 Å². The minimum absolute atomic E-state index is 0. The number of nitrogens with one attached hydrogen (secondary N) is 1. The minimum atomic E-state index is -4.27. The first-order valence-electron chi connectivity index (χ1n) is 3.25. The standard InChI is InChI=1S/C5H10FNO2S.ClH/c6-10(8,9)5-1-3-7-4-2-5;/h5,7H,1-4H2;1H. The van der Waals surface area contributed by atoms with Gasteiger partial charge in [-0.15, -0.1) is 16.3 Å². The Labute approximate surface area is 72.0 Å². The Hall–Kier alpha value is 0.130. The van der Waals surface area contributed by atoms with Crippen LogP contribution in [0.5, 0.6) is 0 Å². The predicted octanol–water partition coefficient (Wildman–Crippen LogP) is 0.460. The van der Waals surface area contributed by atoms with Gasteiger partial charge < -0.3 is 5.32 Å². The summed E-state index contributed by atoms with van der Waals surface area (Å²) >= 11 is 0. The monoisotopic (exact) mass is 203 g/mol. The van der Waals surface area contributed by atoms with E-state index in [1.54, 1.807) is 0 Å². The molecule has 0 unspecified atom stereocenters. The van der Waals surface area contributed by atoms with Crippen LogP contribution < -0.4 is 5.32 Å². The molecule has 1 rings (SSSR count). The van der Waals surface area contributed by atoms with Crippen molar-refractivity contribution in [2.75, 3.05) is 13.1 Å². The van der Waals surface area contributed by atoms with Crippen LogP contribution in [-0.4, -0.2) is 26.8 Å². The molecule has 1 fully saturated rings. The zero-order valence-electron chi connectivity index (χ0n) is 5.92. The van der Waals surface area contributed by atoms with Crippen molar-refractivity contribution in [3.05, 3.63) is 0 Å². The predicted molar refractivity (Wildman–Crippen MR) is 43.2 cm³/mol. The molecule has 0 radical (unpaired) electrons. The van der Waals surface area contributed by atoms with Gasteiger partial charge in [0.25, 0.3) is 0 Å². The molecule has 0 spiro atoms. The van der Waals surface area contributed by atoms with Gasteiger partial charge in [0.2, 0.25) is 0 Å². The van der Waals surface area contributed by atoms with E-state index in [-0.39, 0.29) is 12.4 Å². The molecule has 3 nitrogen and oxygen atoms in total. The van der Waals surface area contributed by atoms with Crippen LogP contribution >= 0.6 is 12.4 Å². The normalized spacial score (nSPS) is 20.8. The summed E-state index contributed by atoms with van der Waals surface area (Å²) in [5.74, 6) is 0. The van der Waals surface area contributed by atoms with E-state index in [2.05, 4.69) is 5.32 Å². The molecule has 1 N–H and O–H groups in total. The highest BCUT2D eigenvalue weighted by atomic mass is 35.5. The summed E-state index contributed by atoms with van der Waals surface area (Å²) in [6.45, 7) is 1.21. The van der Waals surface area contributed by atoms with Crippen LogP contribution in [0.4, 0.5) is 3.89 Å². The van der Waals surface area contributed by atoms with Gasteiger partial charge in [0.15, 0.2) is 0 Å². The van der Waals surface area contributed by atoms with Gasteiger partial charge in [-0.25, -0.2) is 0 Å². The van der Waals surface area contributed by atoms with Gasteiger partial charge in [-0.1, -0.05) is 0 Å². The molecule has 0 amide bonds. The lowest BCUT2D eigenvalue weighted by Gasteiger charge is -2.18. The fourth-order valence-corrected chi connectivity index (χ4v) is 1.88. The zero-order chi connectivity index (χ0) is 7.61. The molecular weight excluding hydrogens is 193 g/mol. The van der Waals surface area contributed by atoms with Crippen molar-refractivity contribution < 1.29 is 12.3 Å². The molecule has 0 aromatic rings. The van der Waals surface area contributed by atoms with Crippen LogP contribution in [0.2, 0.25) is 0 Å². The molecule has 1 aliphatic heterocycles. The van der Waals surface area contributed by atoms with E-state index in [0.717, 1.165) is 0 Å². The quantitative estimate of drug-likeness (QED) is 0.630. The highest BCUT2D eigenvalue weighted by Crippen LogP contribution is 2.13. The maximum Gasteiger partial charge on any atom is 0.305 e. The van der Waals surface area contributed by atoms with Gasteiger partial charge in [0.1, 0.15) is 0 Å². The van der Waals surface area contributed by atoms with E-state index in [1.807, 2.05) is 0 Å². The molecule has 1 heterocycles. The molecule has 0 aromatic heterocycles. The molecule has 6 heteroatoms. The molecule has 0 bridgehead atoms. The topological polar surface area (TPSA) is 46.2 Å². The minimum Gasteiger partial charge on any atom is -0.317 e. The first-order chi connectivity index (χ1) is 4.61. The Bertz CT molecular complexity index is 201. The Morgan fingerprint density at radius 3 is 2.00 bits per heavy atom. The molecule has 11 heavy (non-hydrogen) atoms. The summed E-state index contributed by atoms with van der Waals surface area (Å²) in [5, 5.41) is 2.20. The number of hydrogen-bond acceptors (Lipinski definition) is 3. The molecule has 0 aromatic carbocycles. The molecule has 1 saturated heterocycles. The van der Waals surface area contributed by atoms with Gasteiger partial charge in [0, 0.05) is 0 Å². The van der Waals surface area contributed by atoms with Crippen molar-refractivity contribution in [3.8, 4) is 0 Å². The van der Waals surface area contributed by atoms with Gasteiger partial charge in [-0.3, -0.25) is 0 Å². The number of hydrogen-bond donors (Lipinski definition) is 1. The maximum atomic E-state index is 12.2. The van der Waals surface area contributed by atoms with E-state index >= 15 is 0 Å². The van der Waals surface area contributed by atoms with E-state index in [9.17, 15) is 12.3 Å². The second kappa shape index (κ2) is 4.23. The first-order valence-corrected chi connectivity index (χ1v) is 4.69. The SMILES string of the molecule is Cl.O=S(=O)(F)C1CCNCC1. The van der Waals surface area contributed by atoms with Crippen LogP contribution in [0, 0.1) is 0 Å². The van der Waals surface area contributed by atoms with Crippen molar-refractivity contribution in [2.24, 2.45) is 0 Å². The smallest absolute Gasteiger partial charge is 0.305 e. The highest BCUT2D eigenvalue weighted by Gasteiger charge is 2.25. The second-order valence-electron chi connectivity index (χ2n) is 2.42. The Balaban J connectivity index is 0.000001000. The third-order valence-corrected chi connectivity index (χ3v) is 2.95. The number of piperidine rings is 1. The van der Waals surface area contributed by atoms with Crippen LogP contribution in [0.25, 0.3) is 0 Å². The zero-order valence-corrected chi connectivity index (χ0v) is 7.55. The van der Waals surface area contributed by atoms with Crippen molar-refractivity contribution >= 4 is 22.6 Å².